The summed E-state index contributed by atoms with van der Waals surface area (Å²) in [4.78, 5) is 77.8. The fourth-order valence-electron chi connectivity index (χ4n) is 3.78. The molecule has 0 rings (SSSR count). The van der Waals surface area contributed by atoms with Crippen molar-refractivity contribution in [3.63, 3.8) is 0 Å². The summed E-state index contributed by atoms with van der Waals surface area (Å²) in [6.45, 7) is 23.9. The molecule has 46 heavy (non-hydrogen) atoms. The summed E-state index contributed by atoms with van der Waals surface area (Å²) in [5.74, 6) is -1.98. The molecule has 0 heterocycles. The quantitative estimate of drug-likeness (QED) is 0.135. The zero-order chi connectivity index (χ0) is 36.1. The molecule has 0 aliphatic rings. The molecule has 264 valence electrons. The van der Waals surface area contributed by atoms with Crippen molar-refractivity contribution in [3.8, 4) is 0 Å². The Kier molecular flexibility index (Phi) is 16.6. The van der Waals surface area contributed by atoms with Gasteiger partial charge in [-0.05, 0) is 95.9 Å². The Morgan fingerprint density at radius 3 is 1.15 bits per heavy atom. The highest BCUT2D eigenvalue weighted by molar-refractivity contribution is 5.86. The molecule has 2 amide bonds. The van der Waals surface area contributed by atoms with E-state index in [1.165, 1.54) is 0 Å². The molecule has 0 aromatic heterocycles. The van der Waals surface area contributed by atoms with Crippen molar-refractivity contribution < 1.29 is 47.7 Å². The van der Waals surface area contributed by atoms with Crippen LogP contribution in [-0.4, -0.2) is 94.7 Å². The number of ketones is 2. The summed E-state index contributed by atoms with van der Waals surface area (Å²) in [6, 6.07) is -2.26. The first kappa shape index (κ1) is 42.5. The van der Waals surface area contributed by atoms with Gasteiger partial charge in [-0.1, -0.05) is 6.08 Å². The van der Waals surface area contributed by atoms with Crippen molar-refractivity contribution in [2.24, 2.45) is 0 Å². The molecule has 2 N–H and O–H groups in total. The fourth-order valence-corrected chi connectivity index (χ4v) is 3.78. The Morgan fingerprint density at radius 1 is 0.587 bits per heavy atom. The van der Waals surface area contributed by atoms with Gasteiger partial charge in [-0.15, -0.1) is 6.58 Å². The van der Waals surface area contributed by atoms with Crippen molar-refractivity contribution in [1.29, 1.82) is 0 Å². The highest BCUT2D eigenvalue weighted by Gasteiger charge is 2.31. The van der Waals surface area contributed by atoms with Crippen LogP contribution < -0.4 is 10.6 Å². The van der Waals surface area contributed by atoms with Gasteiger partial charge in [-0.25, -0.2) is 19.2 Å². The predicted octanol–water partition coefficient (Wildman–Crippen LogP) is 4.64. The molecule has 0 unspecified atom stereocenters. The van der Waals surface area contributed by atoms with Gasteiger partial charge in [0.15, 0.2) is 0 Å². The van der Waals surface area contributed by atoms with Gasteiger partial charge < -0.3 is 29.6 Å². The molecular formula is C33H57N3O10. The second-order valence-corrected chi connectivity index (χ2v) is 15.1. The molecule has 0 spiro atoms. The van der Waals surface area contributed by atoms with E-state index in [-0.39, 0.29) is 56.9 Å². The topological polar surface area (TPSA) is 167 Å². The molecule has 0 aliphatic heterocycles. The number of esters is 2. The number of nitrogens with zero attached hydrogens (tertiary/aromatic N) is 1. The van der Waals surface area contributed by atoms with Gasteiger partial charge in [0.25, 0.3) is 0 Å². The van der Waals surface area contributed by atoms with Gasteiger partial charge in [-0.3, -0.25) is 14.5 Å². The first-order valence-corrected chi connectivity index (χ1v) is 15.5. The highest BCUT2D eigenvalue weighted by atomic mass is 16.6. The number of hydrogen-bond donors (Lipinski definition) is 2. The molecule has 0 bridgehead atoms. The van der Waals surface area contributed by atoms with E-state index in [1.54, 1.807) is 94.1 Å². The number of hydrogen-bond acceptors (Lipinski definition) is 11. The maximum atomic E-state index is 13.0. The predicted molar refractivity (Wildman–Crippen MR) is 173 cm³/mol. The smallest absolute Gasteiger partial charge is 0.408 e. The lowest BCUT2D eigenvalue weighted by Crippen LogP contribution is -2.46. The molecular weight excluding hydrogens is 598 g/mol. The van der Waals surface area contributed by atoms with Crippen LogP contribution in [0.5, 0.6) is 0 Å². The molecule has 13 heteroatoms. The Hall–Kier alpha value is -3.48. The van der Waals surface area contributed by atoms with Crippen LogP contribution in [0.3, 0.4) is 0 Å². The number of Topliss-reactive ketones (excluding diaryl/α,β-unsaturated/α-hetero) is 2. The van der Waals surface area contributed by atoms with E-state index in [4.69, 9.17) is 18.9 Å². The summed E-state index contributed by atoms with van der Waals surface area (Å²) >= 11 is 0. The van der Waals surface area contributed by atoms with Crippen molar-refractivity contribution >= 4 is 35.7 Å². The maximum Gasteiger partial charge on any atom is 0.408 e. The third-order valence-corrected chi connectivity index (χ3v) is 5.38. The fraction of sp³-hybridized carbons (Fsp3) is 0.758. The molecule has 0 radical (unpaired) electrons. The molecule has 0 fully saturated rings. The van der Waals surface area contributed by atoms with E-state index in [0.717, 1.165) is 0 Å². The van der Waals surface area contributed by atoms with E-state index >= 15 is 0 Å². The number of alkyl carbamates (subject to hydrolysis) is 2. The van der Waals surface area contributed by atoms with E-state index in [9.17, 15) is 28.8 Å². The second-order valence-electron chi connectivity index (χ2n) is 15.1. The Bertz CT molecular complexity index is 995. The minimum absolute atomic E-state index is 0.0449. The zero-order valence-corrected chi connectivity index (χ0v) is 29.9. The maximum absolute atomic E-state index is 13.0. The Balaban J connectivity index is 5.42. The molecule has 0 saturated carbocycles. The van der Waals surface area contributed by atoms with E-state index in [1.807, 2.05) is 0 Å². The van der Waals surface area contributed by atoms with E-state index in [0.29, 0.717) is 0 Å². The number of carbonyl (C=O) groups is 6. The Labute approximate surface area is 274 Å². The van der Waals surface area contributed by atoms with Crippen LogP contribution in [0, 0.1) is 0 Å². The number of ether oxygens (including phenoxy) is 4. The standard InChI is InChI=1S/C33H57N3O10/c1-14-19-36(20-22(37)15-17-24(26(39)43-30(2,3)4)34-28(41)45-32(8,9)10)21-23(38)16-18-25(27(40)44-31(5,6)7)35-29(42)46-33(11,12)13/h14,24-25H,1,15-21H2,2-13H3,(H,34,41)(H,35,42)/t24-,25-/m0/s1. The van der Waals surface area contributed by atoms with Crippen LogP contribution in [0.1, 0.15) is 109 Å². The van der Waals surface area contributed by atoms with Crippen LogP contribution in [0.2, 0.25) is 0 Å². The highest BCUT2D eigenvalue weighted by Crippen LogP contribution is 2.15. The molecule has 0 aromatic carbocycles. The number of amides is 2. The van der Waals surface area contributed by atoms with Crippen LogP contribution in [0.25, 0.3) is 0 Å². The molecule has 0 saturated heterocycles. The molecule has 13 nitrogen and oxygen atoms in total. The second kappa shape index (κ2) is 18.0. The van der Waals surface area contributed by atoms with Crippen molar-refractivity contribution in [3.05, 3.63) is 12.7 Å². The number of carbonyl (C=O) groups excluding carboxylic acids is 6. The van der Waals surface area contributed by atoms with Crippen LogP contribution in [-0.2, 0) is 38.1 Å². The Morgan fingerprint density at radius 2 is 0.891 bits per heavy atom. The summed E-state index contributed by atoms with van der Waals surface area (Å²) in [5.41, 5.74) is -3.23. The normalized spacial score (nSPS) is 13.6. The lowest BCUT2D eigenvalue weighted by Gasteiger charge is -2.26. The van der Waals surface area contributed by atoms with Gasteiger partial charge in [0.1, 0.15) is 46.1 Å². The van der Waals surface area contributed by atoms with Gasteiger partial charge in [0, 0.05) is 19.4 Å². The van der Waals surface area contributed by atoms with Gasteiger partial charge >= 0.3 is 24.1 Å². The third kappa shape index (κ3) is 22.1. The van der Waals surface area contributed by atoms with Gasteiger partial charge in [0.2, 0.25) is 0 Å². The van der Waals surface area contributed by atoms with Gasteiger partial charge in [0.05, 0.1) is 13.1 Å². The van der Waals surface area contributed by atoms with Crippen LogP contribution >= 0.6 is 0 Å². The van der Waals surface area contributed by atoms with Crippen LogP contribution in [0.4, 0.5) is 9.59 Å². The molecule has 0 aromatic rings. The first-order valence-electron chi connectivity index (χ1n) is 15.5. The van der Waals surface area contributed by atoms with Crippen molar-refractivity contribution in [1.82, 2.24) is 15.5 Å². The monoisotopic (exact) mass is 655 g/mol. The third-order valence-electron chi connectivity index (χ3n) is 5.38. The van der Waals surface area contributed by atoms with Crippen molar-refractivity contribution in [2.45, 2.75) is 143 Å². The van der Waals surface area contributed by atoms with E-state index < -0.39 is 58.6 Å². The molecule has 0 aliphatic carbocycles. The summed E-state index contributed by atoms with van der Waals surface area (Å²) in [6.07, 6.45) is -0.375. The summed E-state index contributed by atoms with van der Waals surface area (Å²) in [5, 5.41) is 4.98. The number of rotatable bonds is 16. The lowest BCUT2D eigenvalue weighted by atomic mass is 10.1. The summed E-state index contributed by atoms with van der Waals surface area (Å²) in [7, 11) is 0. The van der Waals surface area contributed by atoms with Crippen LogP contribution in [0.15, 0.2) is 12.7 Å². The number of nitrogens with one attached hydrogen (secondary N) is 2. The molecule has 2 atom stereocenters. The average Bonchev–Trinajstić information content (AvgIpc) is 2.79. The van der Waals surface area contributed by atoms with Crippen molar-refractivity contribution in [2.75, 3.05) is 19.6 Å². The van der Waals surface area contributed by atoms with E-state index in [2.05, 4.69) is 17.2 Å². The SMILES string of the molecule is C=CCN(CC(=O)CC[C@H](NC(=O)OC(C)(C)C)C(=O)OC(C)(C)C)CC(=O)CC[C@H](NC(=O)OC(C)(C)C)C(=O)OC(C)(C)C. The average molecular weight is 656 g/mol. The summed E-state index contributed by atoms with van der Waals surface area (Å²) < 4.78 is 21.3. The zero-order valence-electron chi connectivity index (χ0n) is 29.9. The largest absolute Gasteiger partial charge is 0.458 e. The minimum Gasteiger partial charge on any atom is -0.458 e. The minimum atomic E-state index is -1.13. The van der Waals surface area contributed by atoms with Gasteiger partial charge in [-0.2, -0.15) is 0 Å². The lowest BCUT2D eigenvalue weighted by molar-refractivity contribution is -0.158. The first-order chi connectivity index (χ1) is 20.7.